The first-order chi connectivity index (χ1) is 16.5. The van der Waals surface area contributed by atoms with Crippen LogP contribution < -0.4 is 4.90 Å². The van der Waals surface area contributed by atoms with Crippen LogP contribution in [0.1, 0.15) is 49.5 Å². The Kier molecular flexibility index (Phi) is 5.54. The SMILES string of the molecule is O=C(C1CCCN(S(=O)(=O)c2cc(-c3noc(C4CCC4)n3)cs2)C1)N1CCc2ccccc21. The third kappa shape index (κ3) is 3.77. The lowest BCUT2D eigenvalue weighted by Gasteiger charge is -2.33. The number of carbonyl (C=O) groups excluding carboxylic acids is 1. The van der Waals surface area contributed by atoms with Crippen molar-refractivity contribution in [2.24, 2.45) is 5.92 Å². The van der Waals surface area contributed by atoms with E-state index in [2.05, 4.69) is 10.1 Å². The highest BCUT2D eigenvalue weighted by molar-refractivity contribution is 7.91. The lowest BCUT2D eigenvalue weighted by molar-refractivity contribution is -0.123. The van der Waals surface area contributed by atoms with Crippen molar-refractivity contribution < 1.29 is 17.7 Å². The van der Waals surface area contributed by atoms with Gasteiger partial charge < -0.3 is 9.42 Å². The molecule has 2 aliphatic heterocycles. The molecule has 34 heavy (non-hydrogen) atoms. The molecule has 1 amide bonds. The third-order valence-corrected chi connectivity index (χ3v) is 10.5. The van der Waals surface area contributed by atoms with E-state index in [4.69, 9.17) is 4.52 Å². The zero-order valence-electron chi connectivity index (χ0n) is 18.7. The number of thiophene rings is 1. The number of nitrogens with zero attached hydrogens (tertiary/aromatic N) is 4. The van der Waals surface area contributed by atoms with Crippen LogP contribution in [0.4, 0.5) is 5.69 Å². The number of piperidine rings is 1. The fourth-order valence-corrected chi connectivity index (χ4v) is 7.85. The monoisotopic (exact) mass is 498 g/mol. The first-order valence-electron chi connectivity index (χ1n) is 11.8. The minimum absolute atomic E-state index is 0.0204. The molecule has 2 fully saturated rings. The fraction of sp³-hybridized carbons (Fsp3) is 0.458. The second kappa shape index (κ2) is 8.58. The number of para-hydroxylation sites is 1. The van der Waals surface area contributed by atoms with E-state index in [-0.39, 0.29) is 22.6 Å². The van der Waals surface area contributed by atoms with Crippen LogP contribution in [0.5, 0.6) is 0 Å². The molecule has 8 nitrogen and oxygen atoms in total. The summed E-state index contributed by atoms with van der Waals surface area (Å²) in [6.45, 7) is 1.29. The van der Waals surface area contributed by atoms with E-state index < -0.39 is 10.0 Å². The van der Waals surface area contributed by atoms with Crippen LogP contribution in [0.2, 0.25) is 0 Å². The predicted octanol–water partition coefficient (Wildman–Crippen LogP) is 4.06. The van der Waals surface area contributed by atoms with Gasteiger partial charge in [0.15, 0.2) is 0 Å². The Hall–Kier alpha value is -2.56. The van der Waals surface area contributed by atoms with Crippen molar-refractivity contribution in [3.63, 3.8) is 0 Å². The summed E-state index contributed by atoms with van der Waals surface area (Å²) < 4.78 is 34.0. The number of benzene rings is 1. The number of hydrogen-bond donors (Lipinski definition) is 0. The van der Waals surface area contributed by atoms with Crippen molar-refractivity contribution in [2.45, 2.75) is 48.7 Å². The van der Waals surface area contributed by atoms with Gasteiger partial charge in [0.1, 0.15) is 4.21 Å². The van der Waals surface area contributed by atoms with E-state index >= 15 is 0 Å². The molecule has 0 N–H and O–H groups in total. The van der Waals surface area contributed by atoms with E-state index in [1.54, 1.807) is 11.4 Å². The molecule has 4 heterocycles. The van der Waals surface area contributed by atoms with Gasteiger partial charge in [-0.2, -0.15) is 9.29 Å². The fourth-order valence-electron chi connectivity index (χ4n) is 5.02. The standard InChI is InChI=1S/C24H26N4O4S2/c29-24(28-12-10-16-5-1-2-9-20(16)28)18-8-4-11-27(14-18)34(30,31)21-13-19(15-33-21)22-25-23(32-26-22)17-6-3-7-17/h1-2,5,9,13,15,17-18H,3-4,6-8,10-12,14H2. The van der Waals surface area contributed by atoms with Gasteiger partial charge in [0, 0.05) is 42.2 Å². The Morgan fingerprint density at radius 2 is 1.97 bits per heavy atom. The lowest BCUT2D eigenvalue weighted by Crippen LogP contribution is -2.46. The molecule has 0 radical (unpaired) electrons. The summed E-state index contributed by atoms with van der Waals surface area (Å²) in [5.74, 6) is 1.08. The number of aromatic nitrogens is 2. The zero-order valence-corrected chi connectivity index (χ0v) is 20.4. The van der Waals surface area contributed by atoms with Crippen molar-refractivity contribution in [1.82, 2.24) is 14.4 Å². The van der Waals surface area contributed by atoms with Crippen LogP contribution in [0.25, 0.3) is 11.4 Å². The Morgan fingerprint density at radius 3 is 2.79 bits per heavy atom. The predicted molar refractivity (Wildman–Crippen MR) is 128 cm³/mol. The maximum Gasteiger partial charge on any atom is 0.252 e. The minimum atomic E-state index is -3.71. The molecule has 1 atom stereocenters. The lowest BCUT2D eigenvalue weighted by atomic mass is 9.85. The number of amides is 1. The van der Waals surface area contributed by atoms with Gasteiger partial charge in [0.05, 0.1) is 5.92 Å². The molecule has 1 saturated carbocycles. The zero-order chi connectivity index (χ0) is 23.3. The van der Waals surface area contributed by atoms with Gasteiger partial charge in [-0.3, -0.25) is 4.79 Å². The second-order valence-electron chi connectivity index (χ2n) is 9.31. The average Bonchev–Trinajstić information content (AvgIpc) is 3.57. The molecule has 1 aliphatic carbocycles. The molecule has 3 aliphatic rings. The van der Waals surface area contributed by atoms with Gasteiger partial charge in [-0.1, -0.05) is 29.8 Å². The number of anilines is 1. The number of carbonyl (C=O) groups is 1. The number of sulfonamides is 1. The van der Waals surface area contributed by atoms with Gasteiger partial charge in [-0.05, 0) is 49.8 Å². The van der Waals surface area contributed by atoms with Gasteiger partial charge in [0.2, 0.25) is 17.6 Å². The molecule has 10 heteroatoms. The highest BCUT2D eigenvalue weighted by Crippen LogP contribution is 2.37. The summed E-state index contributed by atoms with van der Waals surface area (Å²) >= 11 is 1.16. The summed E-state index contributed by atoms with van der Waals surface area (Å²) in [4.78, 5) is 19.6. The smallest absolute Gasteiger partial charge is 0.252 e. The van der Waals surface area contributed by atoms with Gasteiger partial charge in [-0.25, -0.2) is 8.42 Å². The van der Waals surface area contributed by atoms with Crippen molar-refractivity contribution in [3.05, 3.63) is 47.2 Å². The maximum atomic E-state index is 13.4. The summed E-state index contributed by atoms with van der Waals surface area (Å²) in [5, 5.41) is 5.82. The van der Waals surface area contributed by atoms with Crippen molar-refractivity contribution in [2.75, 3.05) is 24.5 Å². The highest BCUT2D eigenvalue weighted by Gasteiger charge is 2.37. The van der Waals surface area contributed by atoms with Crippen LogP contribution in [-0.2, 0) is 21.2 Å². The van der Waals surface area contributed by atoms with Gasteiger partial charge in [-0.15, -0.1) is 11.3 Å². The molecule has 6 rings (SSSR count). The summed E-state index contributed by atoms with van der Waals surface area (Å²) in [6, 6.07) is 9.57. The van der Waals surface area contributed by atoms with Crippen LogP contribution in [0.15, 0.2) is 44.4 Å². The van der Waals surface area contributed by atoms with Crippen molar-refractivity contribution >= 4 is 33.0 Å². The largest absolute Gasteiger partial charge is 0.339 e. The molecule has 1 aromatic carbocycles. The summed E-state index contributed by atoms with van der Waals surface area (Å²) in [6.07, 6.45) is 5.50. The van der Waals surface area contributed by atoms with Crippen molar-refractivity contribution in [3.8, 4) is 11.4 Å². The van der Waals surface area contributed by atoms with Gasteiger partial charge >= 0.3 is 0 Å². The minimum Gasteiger partial charge on any atom is -0.339 e. The van der Waals surface area contributed by atoms with E-state index in [1.807, 2.05) is 29.2 Å². The van der Waals surface area contributed by atoms with E-state index in [0.29, 0.717) is 49.1 Å². The maximum absolute atomic E-state index is 13.4. The molecule has 1 saturated heterocycles. The summed E-state index contributed by atoms with van der Waals surface area (Å²) in [7, 11) is -3.71. The summed E-state index contributed by atoms with van der Waals surface area (Å²) in [5.41, 5.74) is 2.78. The first-order valence-corrected chi connectivity index (χ1v) is 14.1. The molecule has 2 aromatic heterocycles. The quantitative estimate of drug-likeness (QED) is 0.526. The normalized spacial score (nSPS) is 21.4. The molecule has 0 spiro atoms. The van der Waals surface area contributed by atoms with Crippen LogP contribution in [0, 0.1) is 5.92 Å². The molecule has 178 valence electrons. The van der Waals surface area contributed by atoms with Gasteiger partial charge in [0.25, 0.3) is 10.0 Å². The highest BCUT2D eigenvalue weighted by atomic mass is 32.2. The van der Waals surface area contributed by atoms with Crippen LogP contribution in [-0.4, -0.2) is 48.4 Å². The molecular weight excluding hydrogens is 472 g/mol. The first kappa shape index (κ1) is 21.9. The third-order valence-electron chi connectivity index (χ3n) is 7.21. The molecule has 0 bridgehead atoms. The average molecular weight is 499 g/mol. The molecular formula is C24H26N4O4S2. The molecule has 1 unspecified atom stereocenters. The Balaban J connectivity index is 1.18. The topological polar surface area (TPSA) is 96.6 Å². The van der Waals surface area contributed by atoms with Crippen LogP contribution in [0.3, 0.4) is 0 Å². The van der Waals surface area contributed by atoms with E-state index in [0.717, 1.165) is 36.3 Å². The van der Waals surface area contributed by atoms with Crippen molar-refractivity contribution in [1.29, 1.82) is 0 Å². The molecule has 3 aromatic rings. The van der Waals surface area contributed by atoms with Crippen LogP contribution >= 0.6 is 11.3 Å². The number of rotatable bonds is 5. The Labute approximate surface area is 202 Å². The van der Waals surface area contributed by atoms with E-state index in [9.17, 15) is 13.2 Å². The number of hydrogen-bond acceptors (Lipinski definition) is 7. The Bertz CT molecular complexity index is 1330. The Morgan fingerprint density at radius 1 is 1.12 bits per heavy atom. The second-order valence-corrected chi connectivity index (χ2v) is 12.4. The van der Waals surface area contributed by atoms with E-state index in [1.165, 1.54) is 16.3 Å². The number of fused-ring (bicyclic) bond motifs is 1.